The number of ether oxygens (including phenoxy) is 4. The molecule has 1 fully saturated rings. The Morgan fingerprint density at radius 3 is 1.04 bits per heavy atom. The third-order valence-electron chi connectivity index (χ3n) is 21.8. The number of nitrogens with zero attached hydrogens (tertiary/aromatic N) is 12. The van der Waals surface area contributed by atoms with Crippen molar-refractivity contribution in [1.82, 2.24) is 39.1 Å². The topological polar surface area (TPSA) is 653 Å². The lowest BCUT2D eigenvalue weighted by atomic mass is 9.92. The molecule has 4 aliphatic heterocycles. The fourth-order valence-electron chi connectivity index (χ4n) is 14.1. The highest BCUT2D eigenvalue weighted by Gasteiger charge is 2.41. The lowest BCUT2D eigenvalue weighted by molar-refractivity contribution is -0.119. The number of aromatic hydroxyl groups is 4. The summed E-state index contributed by atoms with van der Waals surface area (Å²) in [6.45, 7) is 15.2. The maximum Gasteiger partial charge on any atom is 0.346 e. The van der Waals surface area contributed by atoms with Gasteiger partial charge < -0.3 is 100 Å². The van der Waals surface area contributed by atoms with Gasteiger partial charge in [0.15, 0.2) is 52.9 Å². The smallest absolute Gasteiger partial charge is 0.346 e. The number of primary amides is 1. The van der Waals surface area contributed by atoms with E-state index in [1.165, 1.54) is 119 Å². The first-order valence-corrected chi connectivity index (χ1v) is 53.2. The van der Waals surface area contributed by atoms with Gasteiger partial charge in [-0.1, -0.05) is 54.9 Å². The predicted molar refractivity (Wildman–Crippen MR) is 538 cm³/mol. The van der Waals surface area contributed by atoms with Gasteiger partial charge >= 0.3 is 30.1 Å². The van der Waals surface area contributed by atoms with Crippen molar-refractivity contribution in [2.24, 2.45) is 65.6 Å². The highest BCUT2D eigenvalue weighted by Crippen LogP contribution is 2.53. The molecule has 1 saturated carbocycles. The normalized spacial score (nSPS) is 17.9. The van der Waals surface area contributed by atoms with Crippen LogP contribution in [0.15, 0.2) is 216 Å². The molecule has 44 nitrogen and oxygen atoms in total. The molecule has 141 heavy (non-hydrogen) atoms. The monoisotopic (exact) mass is 2080 g/mol. The fourth-order valence-corrected chi connectivity index (χ4v) is 21.7. The Bertz CT molecular complexity index is 7420. The zero-order valence-corrected chi connectivity index (χ0v) is 82.9. The van der Waals surface area contributed by atoms with Crippen molar-refractivity contribution in [3.63, 3.8) is 0 Å². The number of hydrogen-bond donors (Lipinski definition) is 16. The second kappa shape index (κ2) is 43.9. The molecule has 4 aromatic carbocycles. The van der Waals surface area contributed by atoms with Crippen molar-refractivity contribution in [3.8, 4) is 91.0 Å². The minimum Gasteiger partial charge on any atom is -0.505 e. The minimum absolute atomic E-state index is 0.0132. The maximum absolute atomic E-state index is 13.4. The summed E-state index contributed by atoms with van der Waals surface area (Å²) >= 11 is 5.65. The average molecular weight is 2080 g/mol. The SMILES string of the molecule is CC(C)(C)CCn1nc(-c2ccsc2)c(O)c(C2=NP(=O)(O)c3cc(OCC(N)=O)ccc3N2)c1=O.CC(C)CCn1nc(-c2ccsc2)c(O)c(C2=NP(=O)(O)c3cc(O/C=C/ON)ccc3N2)c1=O.CCC(C)CCn1nc(-c2ccsc2)c(O)c(C2=NP(=O)(O)c3cc(O/C=C/ON)ccc3N2)c1=O.NO/C=C/Oc1ccc2c(c1)P(=O)(O)N=C(c1c(O)c(-c3ccsc3)nn(CC3CC3)c1=O)N2. The van der Waals surface area contributed by atoms with Crippen LogP contribution < -0.4 is 107 Å². The van der Waals surface area contributed by atoms with E-state index in [1.807, 2.05) is 56.1 Å². The number of amidine groups is 4. The summed E-state index contributed by atoms with van der Waals surface area (Å²) in [5.41, 5.74) is 5.77. The van der Waals surface area contributed by atoms with E-state index in [2.05, 4.69) is 89.1 Å². The Morgan fingerprint density at radius 2 is 0.752 bits per heavy atom. The number of benzene rings is 4. The van der Waals surface area contributed by atoms with Gasteiger partial charge in [-0.2, -0.15) is 102 Å². The standard InChI is InChI=1S/2C23H26N5O6PS.C22H24N5O6PS.C21H20N5O6PS/c1-23(2,3)7-8-28-22(31)18(20(30)19(26-28)13-6-9-36-12-13)21-25-15-5-4-14(34-11-17(24)29)10-16(15)35(32,33)27-21;1-3-14(2)6-8-28-23(30)19(21(29)20(26-28)15-7-11-36-13-15)22-25-17-5-4-16(33-9-10-34-24)12-18(17)35(31,32)27-22;1-13(2)5-7-27-22(29)18(20(28)19(25-27)14-6-10-35-12-14)21-24-16-4-3-15(32-8-9-33-23)11-17(16)34(30,31)26-21;22-32-7-6-31-14-3-4-15-16(9-14)33(29,30)25-20(23-15)17-19(27)18(13-5-8-34-11-13)24-26(21(17)28)10-12-1-2-12/h4-6,9-10,12,30H,7-8,11H2,1-3H3,(H2,24,29)(H2,25,27,32,33);4-5,7,9-14,29H,3,6,8,24H2,1-2H3,(H2,25,27,31,32);3-4,6,8-13,28H,5,7,23H2,1-2H3,(H2,24,26,30,31);3-9,11-12,27H,1-2,10,22H2,(H2,23,25,29,30)/b;10-9+;9-8+;7-6+. The van der Waals surface area contributed by atoms with Crippen molar-refractivity contribution in [2.75, 3.05) is 27.9 Å². The molecule has 8 aromatic heterocycles. The van der Waals surface area contributed by atoms with Crippen LogP contribution in [-0.4, -0.2) is 115 Å². The molecule has 0 saturated heterocycles. The maximum atomic E-state index is 13.4. The van der Waals surface area contributed by atoms with E-state index in [-0.39, 0.29) is 147 Å². The van der Waals surface area contributed by atoms with E-state index < -0.39 is 87.8 Å². The number of hydrogen-bond acceptors (Lipinski definition) is 35. The third kappa shape index (κ3) is 24.3. The Balaban J connectivity index is 0.000000150. The molecule has 5 unspecified atom stereocenters. The molecule has 5 aliphatic rings. The first-order chi connectivity index (χ1) is 67.2. The van der Waals surface area contributed by atoms with Gasteiger partial charge in [-0.05, 0) is 174 Å². The quantitative estimate of drug-likeness (QED) is 0.0109. The zero-order chi connectivity index (χ0) is 101. The van der Waals surface area contributed by atoms with Gasteiger partial charge in [-0.3, -0.25) is 42.2 Å². The van der Waals surface area contributed by atoms with E-state index in [9.17, 15) is 82.2 Å². The second-order valence-electron chi connectivity index (χ2n) is 33.7. The van der Waals surface area contributed by atoms with E-state index in [0.717, 1.165) is 56.8 Å². The molecule has 12 aromatic rings. The number of fused-ring (bicyclic) bond motifs is 4. The molecule has 0 bridgehead atoms. The number of aryl methyl sites for hydroxylation is 3. The first kappa shape index (κ1) is 103. The first-order valence-electron chi connectivity index (χ1n) is 43.0. The van der Waals surface area contributed by atoms with Crippen molar-refractivity contribution in [1.29, 1.82) is 0 Å². The van der Waals surface area contributed by atoms with E-state index >= 15 is 0 Å². The lowest BCUT2D eigenvalue weighted by Crippen LogP contribution is -2.35. The number of aromatic nitrogens is 8. The van der Waals surface area contributed by atoms with E-state index in [0.29, 0.717) is 78.9 Å². The molecule has 17 rings (SSSR count). The third-order valence-corrected chi connectivity index (χ3v) is 30.4. The highest BCUT2D eigenvalue weighted by molar-refractivity contribution is 7.66. The Kier molecular flexibility index (Phi) is 32.1. The van der Waals surface area contributed by atoms with Gasteiger partial charge in [-0.15, -0.1) is 0 Å². The van der Waals surface area contributed by atoms with Crippen LogP contribution in [0.4, 0.5) is 22.7 Å². The molecule has 0 radical (unpaired) electrons. The molecular formula is C89H96N20O24P4S4. The summed E-state index contributed by atoms with van der Waals surface area (Å²) in [7, 11) is -17.4. The number of rotatable bonds is 31. The number of thiophene rings is 4. The summed E-state index contributed by atoms with van der Waals surface area (Å²) in [5, 5.41) is 87.8. The van der Waals surface area contributed by atoms with Crippen LogP contribution in [0.3, 0.4) is 0 Å². The largest absolute Gasteiger partial charge is 0.505 e. The van der Waals surface area contributed by atoms with Crippen molar-refractivity contribution in [2.45, 2.75) is 113 Å². The summed E-state index contributed by atoms with van der Waals surface area (Å²) in [6, 6.07) is 24.5. The minimum atomic E-state index is -4.39. The molecule has 5 atom stereocenters. The number of nitrogens with two attached hydrogens (primary N) is 4. The molecule has 20 N–H and O–H groups in total. The van der Waals surface area contributed by atoms with E-state index in [1.54, 1.807) is 64.0 Å². The van der Waals surface area contributed by atoms with Crippen LogP contribution in [-0.2, 0) is 63.7 Å². The van der Waals surface area contributed by atoms with Crippen molar-refractivity contribution in [3.05, 3.63) is 241 Å². The fraction of sp³-hybridized carbons (Fsp3) is 0.247. The molecule has 1 aliphatic carbocycles. The number of amides is 1. The number of nitrogens with one attached hydrogen (secondary N) is 4. The van der Waals surface area contributed by atoms with Gasteiger partial charge in [0, 0.05) is 70.0 Å². The van der Waals surface area contributed by atoms with Crippen LogP contribution in [0.2, 0.25) is 0 Å². The average Bonchev–Trinajstić information content (AvgIpc) is 1.41. The van der Waals surface area contributed by atoms with Crippen molar-refractivity contribution < 1.29 is 96.5 Å². The molecule has 52 heteroatoms. The Morgan fingerprint density at radius 1 is 0.454 bits per heavy atom. The molecule has 0 spiro atoms. The zero-order valence-electron chi connectivity index (χ0n) is 76.0. The summed E-state index contributed by atoms with van der Waals surface area (Å²) in [6.07, 6.45) is 11.7. The molecular weight excluding hydrogens is 1990 g/mol. The van der Waals surface area contributed by atoms with Gasteiger partial charge in [0.25, 0.3) is 28.1 Å². The molecule has 12 heterocycles. The molecule has 1 amide bonds. The van der Waals surface area contributed by atoms with Crippen LogP contribution in [0, 0.1) is 23.2 Å². The number of carbonyl (C=O) groups excluding carboxylic acids is 1. The Labute approximate surface area is 818 Å². The lowest BCUT2D eigenvalue weighted by Gasteiger charge is -2.24. The highest BCUT2D eigenvalue weighted by atomic mass is 32.1. The summed E-state index contributed by atoms with van der Waals surface area (Å²) < 4.78 is 94.6. The van der Waals surface area contributed by atoms with Crippen LogP contribution in [0.1, 0.15) is 109 Å². The summed E-state index contributed by atoms with van der Waals surface area (Å²) in [4.78, 5) is 120. The second-order valence-corrected chi connectivity index (χ2v) is 43.9. The number of carbonyl (C=O) groups is 1. The molecule has 740 valence electrons. The summed E-state index contributed by atoms with van der Waals surface area (Å²) in [5.74, 6) is 13.3. The Hall–Kier alpha value is -13.8. The van der Waals surface area contributed by atoms with Crippen molar-refractivity contribution >= 4 is 149 Å². The van der Waals surface area contributed by atoms with Crippen LogP contribution >= 0.6 is 75.4 Å². The van der Waals surface area contributed by atoms with E-state index in [4.69, 9.17) is 42.4 Å². The van der Waals surface area contributed by atoms with Gasteiger partial charge in [0.1, 0.15) is 106 Å². The number of anilines is 4. The van der Waals surface area contributed by atoms with Gasteiger partial charge in [0.05, 0.1) is 44.0 Å². The predicted octanol–water partition coefficient (Wildman–Crippen LogP) is 11.9. The van der Waals surface area contributed by atoms with Gasteiger partial charge in [-0.25, -0.2) is 18.7 Å². The van der Waals surface area contributed by atoms with Crippen LogP contribution in [0.25, 0.3) is 45.0 Å². The van der Waals surface area contributed by atoms with Crippen LogP contribution in [0.5, 0.6) is 46.0 Å². The van der Waals surface area contributed by atoms with Gasteiger partial charge in [0.2, 0.25) is 0 Å².